The second-order valence-electron chi connectivity index (χ2n) is 7.35. The molecular weight excluding hydrogens is 532 g/mol. The van der Waals surface area contributed by atoms with E-state index in [9.17, 15) is 0 Å². The van der Waals surface area contributed by atoms with E-state index in [0.29, 0.717) is 0 Å². The fourth-order valence-electron chi connectivity index (χ4n) is 3.61. The van der Waals surface area contributed by atoms with E-state index in [1.165, 1.54) is 5.56 Å². The van der Waals surface area contributed by atoms with Gasteiger partial charge < -0.3 is 0 Å². The number of hydrogen-bond donors (Lipinski definition) is 0. The van der Waals surface area contributed by atoms with Gasteiger partial charge in [0.2, 0.25) is 0 Å². The quantitative estimate of drug-likeness (QED) is 0.285. The minimum atomic E-state index is 0.123. The molecule has 1 aliphatic rings. The van der Waals surface area contributed by atoms with Crippen LogP contribution in [0, 0.1) is 0 Å². The maximum absolute atomic E-state index is 5.02. The summed E-state index contributed by atoms with van der Waals surface area (Å²) in [4.78, 5) is 0. The molecule has 0 fully saturated rings. The highest BCUT2D eigenvalue weighted by atomic mass is 79.9. The summed E-state index contributed by atoms with van der Waals surface area (Å²) in [6.07, 6.45) is 5.71. The Morgan fingerprint density at radius 2 is 1.44 bits per heavy atom. The van der Waals surface area contributed by atoms with Gasteiger partial charge in [0.15, 0.2) is 0 Å². The van der Waals surface area contributed by atoms with E-state index < -0.39 is 0 Å². The zero-order chi connectivity index (χ0) is 21.9. The minimum Gasteiger partial charge on any atom is -0.257 e. The van der Waals surface area contributed by atoms with Crippen LogP contribution in [0.3, 0.4) is 0 Å². The van der Waals surface area contributed by atoms with Gasteiger partial charge in [0.25, 0.3) is 0 Å². The zero-order valence-corrected chi connectivity index (χ0v) is 20.1. The van der Waals surface area contributed by atoms with Gasteiger partial charge in [-0.15, -0.1) is 10.2 Å². The molecule has 0 saturated carbocycles. The first-order valence-corrected chi connectivity index (χ1v) is 11.6. The molecule has 1 aromatic heterocycles. The summed E-state index contributed by atoms with van der Waals surface area (Å²) in [5.74, 6) is 0. The monoisotopic (exact) mass is 548 g/mol. The number of rotatable bonds is 5. The summed E-state index contributed by atoms with van der Waals surface area (Å²) in [6.45, 7) is 0. The van der Waals surface area contributed by atoms with Gasteiger partial charge >= 0.3 is 0 Å². The predicted molar refractivity (Wildman–Crippen MR) is 134 cm³/mol. The van der Waals surface area contributed by atoms with Crippen molar-refractivity contribution in [2.75, 3.05) is 5.01 Å². The third-order valence-corrected chi connectivity index (χ3v) is 6.30. The molecule has 4 aromatic rings. The van der Waals surface area contributed by atoms with Gasteiger partial charge in [-0.2, -0.15) is 10.2 Å². The molecule has 0 amide bonds. The lowest BCUT2D eigenvalue weighted by atomic mass is 9.98. The Morgan fingerprint density at radius 1 is 0.812 bits per heavy atom. The molecule has 0 aliphatic carbocycles. The minimum absolute atomic E-state index is 0.123. The smallest absolute Gasteiger partial charge is 0.141 e. The normalized spacial score (nSPS) is 16.0. The first-order valence-electron chi connectivity index (χ1n) is 10.0. The maximum atomic E-state index is 5.02. The maximum Gasteiger partial charge on any atom is 0.141 e. The van der Waals surface area contributed by atoms with Gasteiger partial charge in [-0.3, -0.25) is 5.01 Å². The van der Waals surface area contributed by atoms with Crippen molar-refractivity contribution in [3.8, 4) is 0 Å². The molecule has 0 radical (unpaired) electrons. The van der Waals surface area contributed by atoms with Crippen molar-refractivity contribution in [1.82, 2.24) is 14.9 Å². The van der Waals surface area contributed by atoms with Crippen molar-refractivity contribution in [1.29, 1.82) is 0 Å². The van der Waals surface area contributed by atoms with E-state index in [2.05, 4.69) is 113 Å². The second-order valence-corrected chi connectivity index (χ2v) is 9.18. The standard InChI is InChI=1S/C24H18Br2N6/c25-20-7-3-18(4-8-20)23-13-24(19-5-9-21(26)10-6-19)32(30-23)22-11-1-17(2-12-22)14-29-31-15-27-28-16-31/h1-12,14-16,24H,13H2. The molecular formula is C24H18Br2N6. The Hall–Kier alpha value is -3.10. The van der Waals surface area contributed by atoms with E-state index in [4.69, 9.17) is 5.10 Å². The molecule has 0 N–H and O–H groups in total. The molecule has 0 bridgehead atoms. The molecule has 5 rings (SSSR count). The average Bonchev–Trinajstić information content (AvgIpc) is 3.50. The van der Waals surface area contributed by atoms with E-state index in [0.717, 1.165) is 37.9 Å². The van der Waals surface area contributed by atoms with Gasteiger partial charge in [0.05, 0.1) is 23.7 Å². The van der Waals surface area contributed by atoms with E-state index in [1.807, 2.05) is 12.1 Å². The van der Waals surface area contributed by atoms with E-state index >= 15 is 0 Å². The van der Waals surface area contributed by atoms with Crippen molar-refractivity contribution >= 4 is 49.5 Å². The number of hydrazone groups is 1. The fourth-order valence-corrected chi connectivity index (χ4v) is 4.14. The predicted octanol–water partition coefficient (Wildman–Crippen LogP) is 6.04. The number of aromatic nitrogens is 3. The van der Waals surface area contributed by atoms with Crippen LogP contribution in [0.1, 0.15) is 29.2 Å². The van der Waals surface area contributed by atoms with Crippen LogP contribution in [0.4, 0.5) is 5.69 Å². The lowest BCUT2D eigenvalue weighted by Gasteiger charge is -2.24. The number of anilines is 1. The van der Waals surface area contributed by atoms with Crippen LogP contribution in [0.15, 0.2) is 105 Å². The SMILES string of the molecule is Brc1ccc(C2=NN(c3ccc(C=Nn4cnnc4)cc3)C(c3ccc(Br)cc3)C2)cc1. The Morgan fingerprint density at radius 3 is 2.09 bits per heavy atom. The second kappa shape index (κ2) is 9.18. The Labute approximate surface area is 202 Å². The van der Waals surface area contributed by atoms with Gasteiger partial charge in [-0.1, -0.05) is 68.3 Å². The molecule has 1 atom stereocenters. The van der Waals surface area contributed by atoms with Crippen molar-refractivity contribution in [3.05, 3.63) is 111 Å². The Balaban J connectivity index is 1.46. The number of nitrogens with zero attached hydrogens (tertiary/aromatic N) is 6. The van der Waals surface area contributed by atoms with E-state index in [1.54, 1.807) is 23.5 Å². The molecule has 1 aliphatic heterocycles. The third-order valence-electron chi connectivity index (χ3n) is 5.25. The topological polar surface area (TPSA) is 58.7 Å². The molecule has 32 heavy (non-hydrogen) atoms. The lowest BCUT2D eigenvalue weighted by Crippen LogP contribution is -2.18. The van der Waals surface area contributed by atoms with Crippen LogP contribution in [-0.4, -0.2) is 26.8 Å². The van der Waals surface area contributed by atoms with Crippen LogP contribution >= 0.6 is 31.9 Å². The van der Waals surface area contributed by atoms with Crippen molar-refractivity contribution in [3.63, 3.8) is 0 Å². The first-order chi connectivity index (χ1) is 15.7. The van der Waals surface area contributed by atoms with Gasteiger partial charge in [-0.05, 0) is 53.1 Å². The molecule has 1 unspecified atom stereocenters. The number of benzene rings is 3. The van der Waals surface area contributed by atoms with E-state index in [-0.39, 0.29) is 6.04 Å². The number of hydrogen-bond acceptors (Lipinski definition) is 5. The van der Waals surface area contributed by atoms with Gasteiger partial charge in [0, 0.05) is 15.4 Å². The molecule has 0 spiro atoms. The Bertz CT molecular complexity index is 1250. The summed E-state index contributed by atoms with van der Waals surface area (Å²) >= 11 is 7.05. The average molecular weight is 550 g/mol. The van der Waals surface area contributed by atoms with Crippen LogP contribution in [0.25, 0.3) is 0 Å². The molecule has 3 aromatic carbocycles. The highest BCUT2D eigenvalue weighted by Gasteiger charge is 2.29. The molecule has 2 heterocycles. The lowest BCUT2D eigenvalue weighted by molar-refractivity contribution is 0.709. The molecule has 6 nitrogen and oxygen atoms in total. The summed E-state index contributed by atoms with van der Waals surface area (Å²) in [7, 11) is 0. The van der Waals surface area contributed by atoms with Crippen molar-refractivity contribution < 1.29 is 0 Å². The Kier molecular flexibility index (Phi) is 5.96. The molecule has 0 saturated heterocycles. The molecule has 158 valence electrons. The largest absolute Gasteiger partial charge is 0.257 e. The van der Waals surface area contributed by atoms with Crippen molar-refractivity contribution in [2.24, 2.45) is 10.2 Å². The highest BCUT2D eigenvalue weighted by Crippen LogP contribution is 2.37. The first kappa shape index (κ1) is 20.8. The highest BCUT2D eigenvalue weighted by molar-refractivity contribution is 9.10. The van der Waals surface area contributed by atoms with Crippen LogP contribution < -0.4 is 5.01 Å². The summed E-state index contributed by atoms with van der Waals surface area (Å²) in [5, 5.41) is 19.0. The summed E-state index contributed by atoms with van der Waals surface area (Å²) < 4.78 is 3.69. The van der Waals surface area contributed by atoms with Gasteiger partial charge in [0.1, 0.15) is 12.7 Å². The summed E-state index contributed by atoms with van der Waals surface area (Å²) in [5.41, 5.74) is 5.45. The fraction of sp³-hybridized carbons (Fsp3) is 0.0833. The van der Waals surface area contributed by atoms with Crippen LogP contribution in [-0.2, 0) is 0 Å². The zero-order valence-electron chi connectivity index (χ0n) is 16.9. The molecule has 8 heteroatoms. The summed E-state index contributed by atoms with van der Waals surface area (Å²) in [6, 6.07) is 25.1. The number of halogens is 2. The van der Waals surface area contributed by atoms with Crippen LogP contribution in [0.5, 0.6) is 0 Å². The third kappa shape index (κ3) is 4.56. The van der Waals surface area contributed by atoms with Gasteiger partial charge in [-0.25, -0.2) is 4.68 Å². The van der Waals surface area contributed by atoms with Crippen LogP contribution in [0.2, 0.25) is 0 Å². The van der Waals surface area contributed by atoms with Crippen molar-refractivity contribution in [2.45, 2.75) is 12.5 Å².